The Morgan fingerprint density at radius 1 is 1.26 bits per heavy atom. The second kappa shape index (κ2) is 6.53. The summed E-state index contributed by atoms with van der Waals surface area (Å²) in [5.41, 5.74) is 5.89. The number of rotatable bonds is 5. The Kier molecular flexibility index (Phi) is 4.29. The summed E-state index contributed by atoms with van der Waals surface area (Å²) in [6, 6.07) is 9.64. The van der Waals surface area contributed by atoms with Crippen LogP contribution in [-0.2, 0) is 22.7 Å². The maximum Gasteiger partial charge on any atom is 0.252 e. The molecule has 1 amide bonds. The predicted octanol–water partition coefficient (Wildman–Crippen LogP) is 1.53. The highest BCUT2D eigenvalue weighted by Gasteiger charge is 2.14. The fraction of sp³-hybridized carbons (Fsp3) is 0.250. The van der Waals surface area contributed by atoms with Crippen LogP contribution in [0.5, 0.6) is 0 Å². The fourth-order valence-electron chi connectivity index (χ4n) is 2.38. The largest absolute Gasteiger partial charge is 0.272 e. The second-order valence-corrected chi connectivity index (χ2v) is 5.21. The highest BCUT2D eigenvalue weighted by atomic mass is 16.6. The molecule has 2 aromatic heterocycles. The Balaban J connectivity index is 1.64. The van der Waals surface area contributed by atoms with Crippen LogP contribution in [0.15, 0.2) is 36.7 Å². The van der Waals surface area contributed by atoms with Gasteiger partial charge in [0.15, 0.2) is 0 Å². The van der Waals surface area contributed by atoms with E-state index in [0.717, 1.165) is 22.5 Å². The van der Waals surface area contributed by atoms with Gasteiger partial charge >= 0.3 is 0 Å². The Morgan fingerprint density at radius 3 is 2.83 bits per heavy atom. The van der Waals surface area contributed by atoms with Crippen molar-refractivity contribution in [1.29, 1.82) is 0 Å². The minimum absolute atomic E-state index is 0.176. The van der Waals surface area contributed by atoms with Gasteiger partial charge in [-0.05, 0) is 19.4 Å². The molecule has 0 fully saturated rings. The topological polar surface area (TPSA) is 81.4 Å². The maximum absolute atomic E-state index is 12.1. The van der Waals surface area contributed by atoms with Crippen LogP contribution < -0.4 is 5.48 Å². The normalized spacial score (nSPS) is 10.9. The number of carbonyl (C=O) groups excluding carboxylic acids is 1. The summed E-state index contributed by atoms with van der Waals surface area (Å²) < 4.78 is 1.63. The fourth-order valence-corrected chi connectivity index (χ4v) is 2.38. The van der Waals surface area contributed by atoms with Crippen LogP contribution in [0.25, 0.3) is 5.78 Å². The van der Waals surface area contributed by atoms with E-state index in [1.54, 1.807) is 4.52 Å². The van der Waals surface area contributed by atoms with Crippen molar-refractivity contribution >= 4 is 11.7 Å². The number of fused-ring (bicyclic) bond motifs is 1. The van der Waals surface area contributed by atoms with E-state index in [0.29, 0.717) is 12.4 Å². The zero-order valence-corrected chi connectivity index (χ0v) is 13.0. The van der Waals surface area contributed by atoms with Crippen molar-refractivity contribution in [3.8, 4) is 0 Å². The first-order valence-corrected chi connectivity index (χ1v) is 7.25. The number of hydrogen-bond acceptors (Lipinski definition) is 5. The van der Waals surface area contributed by atoms with E-state index >= 15 is 0 Å². The summed E-state index contributed by atoms with van der Waals surface area (Å²) in [5, 5.41) is 4.11. The minimum atomic E-state index is -0.228. The Morgan fingerprint density at radius 2 is 2.04 bits per heavy atom. The van der Waals surface area contributed by atoms with E-state index in [4.69, 9.17) is 4.84 Å². The summed E-state index contributed by atoms with van der Waals surface area (Å²) in [6.07, 6.45) is 1.62. The molecule has 0 atom stereocenters. The SMILES string of the molecule is Cc1nc2ncnn2c(C)c1CC(=O)NOCc1ccccc1. The quantitative estimate of drug-likeness (QED) is 0.723. The predicted molar refractivity (Wildman–Crippen MR) is 83.3 cm³/mol. The molecule has 0 saturated carbocycles. The molecule has 0 spiro atoms. The standard InChI is InChI=1S/C16H17N5O2/c1-11-14(12(2)21-16(19-11)17-10-18-21)8-15(22)20-23-9-13-6-4-3-5-7-13/h3-7,10H,8-9H2,1-2H3,(H,20,22). The molecule has 118 valence electrons. The van der Waals surface area contributed by atoms with Crippen molar-refractivity contribution in [1.82, 2.24) is 25.1 Å². The molecular weight excluding hydrogens is 294 g/mol. The van der Waals surface area contributed by atoms with Crippen molar-refractivity contribution < 1.29 is 9.63 Å². The van der Waals surface area contributed by atoms with E-state index in [2.05, 4.69) is 20.5 Å². The Labute approximate surface area is 133 Å². The summed E-state index contributed by atoms with van der Waals surface area (Å²) in [7, 11) is 0. The summed E-state index contributed by atoms with van der Waals surface area (Å²) >= 11 is 0. The molecule has 0 bridgehead atoms. The zero-order chi connectivity index (χ0) is 16.2. The Hall–Kier alpha value is -2.80. The smallest absolute Gasteiger partial charge is 0.252 e. The van der Waals surface area contributed by atoms with Crippen molar-refractivity contribution in [3.05, 3.63) is 59.2 Å². The van der Waals surface area contributed by atoms with E-state index in [1.165, 1.54) is 6.33 Å². The van der Waals surface area contributed by atoms with Gasteiger partial charge in [-0.25, -0.2) is 15.0 Å². The molecule has 3 rings (SSSR count). The van der Waals surface area contributed by atoms with Gasteiger partial charge < -0.3 is 0 Å². The molecule has 7 nitrogen and oxygen atoms in total. The molecular formula is C16H17N5O2. The lowest BCUT2D eigenvalue weighted by Gasteiger charge is -2.10. The number of hydroxylamine groups is 1. The third kappa shape index (κ3) is 3.35. The first-order valence-electron chi connectivity index (χ1n) is 7.25. The summed E-state index contributed by atoms with van der Waals surface area (Å²) in [5.74, 6) is 0.304. The average Bonchev–Trinajstić information content (AvgIpc) is 3.01. The van der Waals surface area contributed by atoms with Gasteiger partial charge in [0.05, 0.1) is 13.0 Å². The number of nitrogens with zero attached hydrogens (tertiary/aromatic N) is 4. The summed E-state index contributed by atoms with van der Waals surface area (Å²) in [4.78, 5) is 25.7. The van der Waals surface area contributed by atoms with Crippen molar-refractivity contribution in [2.75, 3.05) is 0 Å². The minimum Gasteiger partial charge on any atom is -0.272 e. The number of benzene rings is 1. The van der Waals surface area contributed by atoms with Gasteiger partial charge in [-0.2, -0.15) is 10.1 Å². The van der Waals surface area contributed by atoms with Gasteiger partial charge in [0.2, 0.25) is 5.91 Å². The number of hydrogen-bond donors (Lipinski definition) is 1. The van der Waals surface area contributed by atoms with Gasteiger partial charge in [0.1, 0.15) is 6.33 Å². The monoisotopic (exact) mass is 311 g/mol. The molecule has 23 heavy (non-hydrogen) atoms. The molecule has 0 radical (unpaired) electrons. The van der Waals surface area contributed by atoms with Crippen LogP contribution in [0.1, 0.15) is 22.5 Å². The average molecular weight is 311 g/mol. The molecule has 0 aliphatic carbocycles. The second-order valence-electron chi connectivity index (χ2n) is 5.21. The Bertz CT molecular complexity index is 829. The first kappa shape index (κ1) is 15.1. The number of carbonyl (C=O) groups is 1. The van der Waals surface area contributed by atoms with Gasteiger partial charge in [0.25, 0.3) is 5.78 Å². The zero-order valence-electron chi connectivity index (χ0n) is 13.0. The molecule has 0 unspecified atom stereocenters. The van der Waals surface area contributed by atoms with Gasteiger partial charge in [-0.3, -0.25) is 9.63 Å². The number of amides is 1. The van der Waals surface area contributed by atoms with Crippen LogP contribution in [-0.4, -0.2) is 25.5 Å². The third-order valence-electron chi connectivity index (χ3n) is 3.59. The van der Waals surface area contributed by atoms with E-state index in [-0.39, 0.29) is 12.3 Å². The van der Waals surface area contributed by atoms with Crippen LogP contribution in [0.3, 0.4) is 0 Å². The van der Waals surface area contributed by atoms with E-state index in [9.17, 15) is 4.79 Å². The van der Waals surface area contributed by atoms with Crippen LogP contribution in [0.2, 0.25) is 0 Å². The third-order valence-corrected chi connectivity index (χ3v) is 3.59. The number of nitrogens with one attached hydrogen (secondary N) is 1. The van der Waals surface area contributed by atoms with Crippen LogP contribution in [0.4, 0.5) is 0 Å². The highest BCUT2D eigenvalue weighted by molar-refractivity contribution is 5.78. The van der Waals surface area contributed by atoms with E-state index in [1.807, 2.05) is 44.2 Å². The van der Waals surface area contributed by atoms with Gasteiger partial charge in [-0.15, -0.1) is 0 Å². The number of aryl methyl sites for hydroxylation is 2. The maximum atomic E-state index is 12.1. The van der Waals surface area contributed by atoms with Crippen LogP contribution in [0, 0.1) is 13.8 Å². The lowest BCUT2D eigenvalue weighted by Crippen LogP contribution is -2.26. The van der Waals surface area contributed by atoms with Gasteiger partial charge in [0, 0.05) is 17.0 Å². The molecule has 3 aromatic rings. The highest BCUT2D eigenvalue weighted by Crippen LogP contribution is 2.13. The van der Waals surface area contributed by atoms with Crippen LogP contribution >= 0.6 is 0 Å². The molecule has 1 aromatic carbocycles. The first-order chi connectivity index (χ1) is 11.1. The van der Waals surface area contributed by atoms with Crippen molar-refractivity contribution in [2.45, 2.75) is 26.9 Å². The molecule has 2 heterocycles. The van der Waals surface area contributed by atoms with E-state index < -0.39 is 0 Å². The molecule has 1 N–H and O–H groups in total. The lowest BCUT2D eigenvalue weighted by atomic mass is 10.1. The van der Waals surface area contributed by atoms with Crippen molar-refractivity contribution in [3.63, 3.8) is 0 Å². The molecule has 7 heteroatoms. The molecule has 0 aliphatic heterocycles. The molecule has 0 saturated heterocycles. The van der Waals surface area contributed by atoms with Crippen molar-refractivity contribution in [2.24, 2.45) is 0 Å². The lowest BCUT2D eigenvalue weighted by molar-refractivity contribution is -0.133. The number of aromatic nitrogens is 4. The van der Waals surface area contributed by atoms with Gasteiger partial charge in [-0.1, -0.05) is 30.3 Å². The summed E-state index contributed by atoms with van der Waals surface area (Å²) in [6.45, 7) is 4.07. The molecule has 0 aliphatic rings.